The number of nitrogens with zero attached hydrogens (tertiary/aromatic N) is 1. The second-order valence-electron chi connectivity index (χ2n) is 6.78. The maximum Gasteiger partial charge on any atom is 0.355 e. The highest BCUT2D eigenvalue weighted by Gasteiger charge is 2.29. The Morgan fingerprint density at radius 3 is 2.46 bits per heavy atom. The minimum absolute atomic E-state index is 0.0758. The molecule has 0 atom stereocenters. The zero-order chi connectivity index (χ0) is 19.8. The van der Waals surface area contributed by atoms with Crippen molar-refractivity contribution in [3.63, 3.8) is 0 Å². The van der Waals surface area contributed by atoms with Gasteiger partial charge in [-0.3, -0.25) is 4.79 Å². The molecule has 1 aromatic heterocycles. The van der Waals surface area contributed by atoms with Crippen LogP contribution in [0.1, 0.15) is 26.4 Å². The number of fused-ring (bicyclic) bond motifs is 3. The van der Waals surface area contributed by atoms with Gasteiger partial charge in [0, 0.05) is 36.3 Å². The molecule has 3 aromatic rings. The molecular formula is C22H20N2O4. The lowest BCUT2D eigenvalue weighted by molar-refractivity contribution is 0.0595. The highest BCUT2D eigenvalue weighted by atomic mass is 16.5. The van der Waals surface area contributed by atoms with E-state index in [1.54, 1.807) is 26.2 Å². The Bertz CT molecular complexity index is 1060. The first-order valence-electron chi connectivity index (χ1n) is 8.88. The maximum absolute atomic E-state index is 12.4. The third-order valence-electron chi connectivity index (χ3n) is 4.85. The van der Waals surface area contributed by atoms with Crippen LogP contribution in [0.2, 0.25) is 0 Å². The molecule has 0 saturated carbocycles. The molecule has 0 bridgehead atoms. The van der Waals surface area contributed by atoms with Crippen molar-refractivity contribution < 1.29 is 19.1 Å². The molecule has 0 spiro atoms. The van der Waals surface area contributed by atoms with Crippen LogP contribution >= 0.6 is 0 Å². The number of benzene rings is 2. The largest absolute Gasteiger partial charge is 0.488 e. The van der Waals surface area contributed by atoms with Crippen molar-refractivity contribution in [2.45, 2.75) is 6.61 Å². The highest BCUT2D eigenvalue weighted by Crippen LogP contribution is 2.43. The summed E-state index contributed by atoms with van der Waals surface area (Å²) in [5.41, 5.74) is 5.16. The molecule has 0 fully saturated rings. The van der Waals surface area contributed by atoms with Crippen molar-refractivity contribution >= 4 is 11.9 Å². The number of para-hydroxylation sites is 1. The van der Waals surface area contributed by atoms with Gasteiger partial charge in [-0.05, 0) is 29.8 Å². The molecule has 1 amide bonds. The molecule has 2 heterocycles. The molecule has 6 heteroatoms. The number of aromatic amines is 1. The fraction of sp³-hybridized carbons (Fsp3) is 0.182. The van der Waals surface area contributed by atoms with Crippen LogP contribution in [0.15, 0.2) is 48.5 Å². The van der Waals surface area contributed by atoms with Gasteiger partial charge in [0.05, 0.1) is 12.8 Å². The van der Waals surface area contributed by atoms with E-state index in [1.165, 1.54) is 12.0 Å². The van der Waals surface area contributed by atoms with Crippen molar-refractivity contribution in [2.24, 2.45) is 0 Å². The average Bonchev–Trinajstić information content (AvgIpc) is 3.12. The summed E-state index contributed by atoms with van der Waals surface area (Å²) >= 11 is 0. The van der Waals surface area contributed by atoms with Crippen LogP contribution in [0.4, 0.5) is 0 Å². The van der Waals surface area contributed by atoms with E-state index in [0.717, 1.165) is 33.7 Å². The molecule has 0 aliphatic carbocycles. The predicted molar refractivity (Wildman–Crippen MR) is 105 cm³/mol. The zero-order valence-corrected chi connectivity index (χ0v) is 15.9. The van der Waals surface area contributed by atoms with Crippen LogP contribution in [0.3, 0.4) is 0 Å². The van der Waals surface area contributed by atoms with Gasteiger partial charge < -0.3 is 19.4 Å². The van der Waals surface area contributed by atoms with E-state index in [4.69, 9.17) is 9.47 Å². The molecule has 0 unspecified atom stereocenters. The standard InChI is InChI=1S/C22H20N2O4/c1-24(2)21(25)14-10-8-13(9-11-14)18-16-12-28-17-7-5-4-6-15(17)19(16)23-20(18)22(26)27-3/h4-11,23H,12H2,1-3H3. The lowest BCUT2D eigenvalue weighted by atomic mass is 9.96. The summed E-state index contributed by atoms with van der Waals surface area (Å²) in [6.45, 7) is 0.341. The van der Waals surface area contributed by atoms with Gasteiger partial charge in [0.1, 0.15) is 18.1 Å². The number of carbonyl (C=O) groups excluding carboxylic acids is 2. The van der Waals surface area contributed by atoms with Crippen molar-refractivity contribution in [3.8, 4) is 28.1 Å². The predicted octanol–water partition coefficient (Wildman–Crippen LogP) is 3.73. The van der Waals surface area contributed by atoms with Crippen LogP contribution in [-0.4, -0.2) is 43.0 Å². The molecule has 0 saturated heterocycles. The Morgan fingerprint density at radius 2 is 1.79 bits per heavy atom. The van der Waals surface area contributed by atoms with Gasteiger partial charge in [0.25, 0.3) is 5.91 Å². The summed E-state index contributed by atoms with van der Waals surface area (Å²) in [6.07, 6.45) is 0. The zero-order valence-electron chi connectivity index (χ0n) is 15.9. The van der Waals surface area contributed by atoms with E-state index >= 15 is 0 Å². The van der Waals surface area contributed by atoms with Gasteiger partial charge >= 0.3 is 5.97 Å². The summed E-state index contributed by atoms with van der Waals surface area (Å²) in [6, 6.07) is 14.9. The first-order valence-corrected chi connectivity index (χ1v) is 8.88. The van der Waals surface area contributed by atoms with E-state index in [9.17, 15) is 9.59 Å². The number of methoxy groups -OCH3 is 1. The molecule has 4 rings (SSSR count). The number of ether oxygens (including phenoxy) is 2. The number of esters is 1. The first kappa shape index (κ1) is 17.9. The van der Waals surface area contributed by atoms with Crippen molar-refractivity contribution in [3.05, 3.63) is 65.4 Å². The van der Waals surface area contributed by atoms with E-state index < -0.39 is 5.97 Å². The molecule has 28 heavy (non-hydrogen) atoms. The molecular weight excluding hydrogens is 356 g/mol. The van der Waals surface area contributed by atoms with Gasteiger partial charge in [-0.15, -0.1) is 0 Å². The van der Waals surface area contributed by atoms with Gasteiger partial charge in [-0.1, -0.05) is 24.3 Å². The SMILES string of the molecule is COC(=O)c1[nH]c2c(c1-c1ccc(C(=O)N(C)C)cc1)COc1ccccc1-2. The summed E-state index contributed by atoms with van der Waals surface area (Å²) in [5, 5.41) is 0. The normalized spacial score (nSPS) is 11.8. The van der Waals surface area contributed by atoms with Crippen molar-refractivity contribution in [1.82, 2.24) is 9.88 Å². The van der Waals surface area contributed by atoms with Crippen LogP contribution in [-0.2, 0) is 11.3 Å². The molecule has 1 aliphatic rings. The van der Waals surface area contributed by atoms with Gasteiger partial charge in [-0.25, -0.2) is 4.79 Å². The summed E-state index contributed by atoms with van der Waals surface area (Å²) in [7, 11) is 4.78. The maximum atomic E-state index is 12.4. The number of nitrogens with one attached hydrogen (secondary N) is 1. The third-order valence-corrected chi connectivity index (χ3v) is 4.85. The topological polar surface area (TPSA) is 71.6 Å². The summed E-state index contributed by atoms with van der Waals surface area (Å²) in [4.78, 5) is 29.4. The van der Waals surface area contributed by atoms with Gasteiger partial charge in [0.2, 0.25) is 0 Å². The quantitative estimate of drug-likeness (QED) is 0.707. The van der Waals surface area contributed by atoms with Crippen LogP contribution in [0, 0.1) is 0 Å². The number of hydrogen-bond acceptors (Lipinski definition) is 4. The lowest BCUT2D eigenvalue weighted by Gasteiger charge is -2.18. The Balaban J connectivity index is 1.87. The minimum Gasteiger partial charge on any atom is -0.488 e. The Hall–Kier alpha value is -3.54. The average molecular weight is 376 g/mol. The highest BCUT2D eigenvalue weighted by molar-refractivity contribution is 6.00. The van der Waals surface area contributed by atoms with E-state index in [1.807, 2.05) is 36.4 Å². The number of hydrogen-bond donors (Lipinski definition) is 1. The second kappa shape index (κ2) is 6.88. The van der Waals surface area contributed by atoms with Crippen LogP contribution in [0.25, 0.3) is 22.4 Å². The first-order chi connectivity index (χ1) is 13.5. The Kier molecular flexibility index (Phi) is 4.39. The summed E-state index contributed by atoms with van der Waals surface area (Å²) in [5.74, 6) is 0.245. The number of aromatic nitrogens is 1. The fourth-order valence-electron chi connectivity index (χ4n) is 3.47. The second-order valence-corrected chi connectivity index (χ2v) is 6.78. The van der Waals surface area contributed by atoms with E-state index in [0.29, 0.717) is 17.9 Å². The van der Waals surface area contributed by atoms with Crippen LogP contribution in [0.5, 0.6) is 5.75 Å². The molecule has 1 N–H and O–H groups in total. The van der Waals surface area contributed by atoms with Crippen molar-refractivity contribution in [1.29, 1.82) is 0 Å². The third kappa shape index (κ3) is 2.83. The Morgan fingerprint density at radius 1 is 1.07 bits per heavy atom. The monoisotopic (exact) mass is 376 g/mol. The fourth-order valence-corrected chi connectivity index (χ4v) is 3.47. The molecule has 142 valence electrons. The van der Waals surface area contributed by atoms with E-state index in [-0.39, 0.29) is 5.91 Å². The van der Waals surface area contributed by atoms with Gasteiger partial charge in [-0.2, -0.15) is 0 Å². The van der Waals surface area contributed by atoms with Crippen LogP contribution < -0.4 is 4.74 Å². The molecule has 6 nitrogen and oxygen atoms in total. The van der Waals surface area contributed by atoms with Gasteiger partial charge in [0.15, 0.2) is 0 Å². The number of H-pyrrole nitrogens is 1. The number of rotatable bonds is 3. The molecule has 0 radical (unpaired) electrons. The smallest absolute Gasteiger partial charge is 0.355 e. The van der Waals surface area contributed by atoms with E-state index in [2.05, 4.69) is 4.98 Å². The lowest BCUT2D eigenvalue weighted by Crippen LogP contribution is -2.21. The number of amides is 1. The molecule has 2 aromatic carbocycles. The summed E-state index contributed by atoms with van der Waals surface area (Å²) < 4.78 is 10.9. The Labute approximate surface area is 162 Å². The number of carbonyl (C=O) groups is 2. The minimum atomic E-state index is -0.449. The molecule has 1 aliphatic heterocycles. The van der Waals surface area contributed by atoms with Crippen molar-refractivity contribution in [2.75, 3.05) is 21.2 Å².